The number of fused-ring (bicyclic) bond motifs is 8. The van der Waals surface area contributed by atoms with Crippen LogP contribution in [0.4, 0.5) is 5.82 Å². The molecule has 0 amide bonds. The summed E-state index contributed by atoms with van der Waals surface area (Å²) in [7, 11) is 1.45. The number of aromatic hydroxyl groups is 2. The Morgan fingerprint density at radius 3 is 2.64 bits per heavy atom. The molecule has 4 bridgehead atoms. The van der Waals surface area contributed by atoms with Crippen molar-refractivity contribution in [3.8, 4) is 51.7 Å². The van der Waals surface area contributed by atoms with Crippen LogP contribution >= 0.6 is 0 Å². The second-order valence-corrected chi connectivity index (χ2v) is 14.9. The maximum absolute atomic E-state index is 12.2. The van der Waals surface area contributed by atoms with E-state index in [1.165, 1.54) is 25.6 Å². The number of carbonyl (C=O) groups excluding carboxylic acids is 1. The molecule has 10 nitrogen and oxygen atoms in total. The van der Waals surface area contributed by atoms with Gasteiger partial charge in [0.1, 0.15) is 24.0 Å². The third-order valence-electron chi connectivity index (χ3n) is 11.3. The Labute approximate surface area is 310 Å². The van der Waals surface area contributed by atoms with E-state index in [9.17, 15) is 20.1 Å². The molecule has 4 aliphatic rings. The molecule has 276 valence electrons. The SMILES string of the molecule is COc1c(O)c([C@@H]2C#C[C@H]3CN(CCN3)c3[n-]c(C4(C)CCCC4)cc3-c3cccc(c3)C2)c2c(c1OCCCO)C(=[OH+])CC(c1ccc(O)cc1)O2. The molecule has 5 N–H and O–H groups in total. The molecular formula is C43H47N3O7. The third-order valence-corrected chi connectivity index (χ3v) is 11.3. The first kappa shape index (κ1) is 34.9. The number of hydrogen-bond acceptors (Lipinski definition) is 8. The molecule has 0 spiro atoms. The number of piperazine rings is 1. The van der Waals surface area contributed by atoms with E-state index >= 15 is 0 Å². The van der Waals surface area contributed by atoms with E-state index in [1.807, 2.05) is 0 Å². The van der Waals surface area contributed by atoms with Crippen LogP contribution in [0.15, 0.2) is 54.6 Å². The van der Waals surface area contributed by atoms with Crippen molar-refractivity contribution in [2.45, 2.75) is 75.3 Å². The first-order valence-corrected chi connectivity index (χ1v) is 18.7. The molecule has 1 aliphatic carbocycles. The van der Waals surface area contributed by atoms with Gasteiger partial charge >= 0.3 is 5.78 Å². The number of rotatable bonds is 8. The van der Waals surface area contributed by atoms with Gasteiger partial charge < -0.3 is 44.7 Å². The molecule has 0 radical (unpaired) electrons. The summed E-state index contributed by atoms with van der Waals surface area (Å²) in [5.41, 5.74) is 5.92. The van der Waals surface area contributed by atoms with Gasteiger partial charge in [-0.15, -0.1) is 0 Å². The van der Waals surface area contributed by atoms with Gasteiger partial charge in [-0.1, -0.05) is 85.6 Å². The quantitative estimate of drug-likeness (QED) is 0.100. The van der Waals surface area contributed by atoms with E-state index in [-0.39, 0.29) is 65.6 Å². The zero-order valence-electron chi connectivity index (χ0n) is 30.3. The zero-order valence-corrected chi connectivity index (χ0v) is 30.3. The van der Waals surface area contributed by atoms with Crippen LogP contribution in [0.5, 0.6) is 28.7 Å². The van der Waals surface area contributed by atoms with Crippen molar-refractivity contribution in [1.82, 2.24) is 10.3 Å². The van der Waals surface area contributed by atoms with E-state index in [0.29, 0.717) is 30.5 Å². The molecule has 3 atom stereocenters. The van der Waals surface area contributed by atoms with Crippen molar-refractivity contribution in [3.05, 3.63) is 82.5 Å². The van der Waals surface area contributed by atoms with Gasteiger partial charge in [-0.05, 0) is 78.7 Å². The van der Waals surface area contributed by atoms with Crippen LogP contribution in [0.3, 0.4) is 0 Å². The average molecular weight is 718 g/mol. The van der Waals surface area contributed by atoms with Crippen molar-refractivity contribution in [1.29, 1.82) is 0 Å². The average Bonchev–Trinajstić information content (AvgIpc) is 3.82. The maximum Gasteiger partial charge on any atom is 0.335 e. The van der Waals surface area contributed by atoms with Crippen LogP contribution in [0.2, 0.25) is 0 Å². The first-order valence-electron chi connectivity index (χ1n) is 18.7. The Morgan fingerprint density at radius 1 is 1.06 bits per heavy atom. The summed E-state index contributed by atoms with van der Waals surface area (Å²) in [5.74, 6) is 7.93. The lowest BCUT2D eigenvalue weighted by Gasteiger charge is -2.40. The summed E-state index contributed by atoms with van der Waals surface area (Å²) in [6.07, 6.45) is 5.03. The molecule has 10 heteroatoms. The molecule has 4 aromatic rings. The smallest absolute Gasteiger partial charge is 0.335 e. The van der Waals surface area contributed by atoms with Gasteiger partial charge in [0.15, 0.2) is 17.1 Å². The van der Waals surface area contributed by atoms with Crippen LogP contribution in [-0.4, -0.2) is 71.9 Å². The van der Waals surface area contributed by atoms with Crippen LogP contribution < -0.4 is 29.4 Å². The zero-order chi connectivity index (χ0) is 36.7. The number of phenols is 2. The molecule has 53 heavy (non-hydrogen) atoms. The summed E-state index contributed by atoms with van der Waals surface area (Å²) in [6, 6.07) is 17.3. The number of phenolic OH excluding ortho intramolecular Hbond substituents is 2. The van der Waals surface area contributed by atoms with E-state index in [0.717, 1.165) is 54.0 Å². The van der Waals surface area contributed by atoms with E-state index in [4.69, 9.17) is 19.2 Å². The normalized spacial score (nSPS) is 21.6. The second-order valence-electron chi connectivity index (χ2n) is 14.9. The van der Waals surface area contributed by atoms with E-state index in [2.05, 4.69) is 59.3 Å². The van der Waals surface area contributed by atoms with Crippen LogP contribution in [-0.2, 0) is 11.8 Å². The predicted molar refractivity (Wildman–Crippen MR) is 203 cm³/mol. The van der Waals surface area contributed by atoms with E-state index in [1.54, 1.807) is 24.3 Å². The third kappa shape index (κ3) is 6.57. The van der Waals surface area contributed by atoms with Gasteiger partial charge in [-0.25, -0.2) is 0 Å². The molecule has 8 rings (SSSR count). The highest BCUT2D eigenvalue weighted by atomic mass is 16.5. The number of aromatic nitrogens is 1. The number of methoxy groups -OCH3 is 1. The van der Waals surface area contributed by atoms with Crippen molar-refractivity contribution < 1.29 is 34.3 Å². The fraction of sp³-hybridized carbons (Fsp3) is 0.419. The van der Waals surface area contributed by atoms with Crippen molar-refractivity contribution >= 4 is 11.6 Å². The van der Waals surface area contributed by atoms with Gasteiger partial charge in [0.2, 0.25) is 5.75 Å². The largest absolute Gasteiger partial charge is 0.508 e. The Balaban J connectivity index is 1.28. The second kappa shape index (κ2) is 14.4. The lowest BCUT2D eigenvalue weighted by molar-refractivity contribution is 0.192. The lowest BCUT2D eigenvalue weighted by Crippen LogP contribution is -2.50. The standard InChI is InChI=1S/C43H46N3O7/c1-43(15-3-4-16-43)35-23-32-28-8-5-7-26(21-28)22-29(9-12-30-25-46(18-17-44-30)42(32)45-35)36-38(50)41(51-2)40(52-20-6-19-47)37-33(49)24-34(53-39(36)37)27-10-13-31(48)14-11-27/h5,7-8,10-11,13-14,21,23,29-30,34,44,47-48H,3-4,6,15-20,22,24-25H2,1-2H3,(H,49,50)/q-1/p+1/t29-,30+,34?/m1/s1. The van der Waals surface area contributed by atoms with Gasteiger partial charge in [0, 0.05) is 13.0 Å². The Hall–Kier alpha value is -5.11. The van der Waals surface area contributed by atoms with Crippen LogP contribution in [0.25, 0.3) is 11.1 Å². The van der Waals surface area contributed by atoms with E-state index < -0.39 is 12.0 Å². The van der Waals surface area contributed by atoms with Crippen molar-refractivity contribution in [3.63, 3.8) is 0 Å². The molecular weight excluding hydrogens is 670 g/mol. The number of ether oxygens (including phenoxy) is 3. The molecule has 3 aliphatic heterocycles. The Bertz CT molecular complexity index is 2070. The summed E-state index contributed by atoms with van der Waals surface area (Å²) < 4.78 is 18.6. The fourth-order valence-corrected chi connectivity index (χ4v) is 8.45. The minimum atomic E-state index is -0.616. The van der Waals surface area contributed by atoms with Crippen molar-refractivity contribution in [2.24, 2.45) is 0 Å². The summed E-state index contributed by atoms with van der Waals surface area (Å²) in [6.45, 7) is 4.61. The van der Waals surface area contributed by atoms with Gasteiger partial charge in [0.25, 0.3) is 0 Å². The fourth-order valence-electron chi connectivity index (χ4n) is 8.45. The number of nitrogens with zero attached hydrogens (tertiary/aromatic N) is 2. The van der Waals surface area contributed by atoms with Gasteiger partial charge in [0.05, 0.1) is 31.2 Å². The number of hydrogen-bond donors (Lipinski definition) is 4. The molecule has 1 saturated carbocycles. The number of benzene rings is 3. The van der Waals surface area contributed by atoms with Gasteiger partial charge in [-0.2, -0.15) is 0 Å². The molecule has 1 aromatic heterocycles. The molecule has 1 saturated heterocycles. The summed E-state index contributed by atoms with van der Waals surface area (Å²) in [4.78, 5) is 19.5. The minimum absolute atomic E-state index is 0.0126. The lowest BCUT2D eigenvalue weighted by atomic mass is 9.84. The molecule has 3 aromatic carbocycles. The number of nitrogens with one attached hydrogen (secondary N) is 1. The summed E-state index contributed by atoms with van der Waals surface area (Å²) in [5, 5.41) is 35.2. The molecule has 1 unspecified atom stereocenters. The summed E-state index contributed by atoms with van der Waals surface area (Å²) >= 11 is 0. The highest BCUT2D eigenvalue weighted by Gasteiger charge is 2.42. The minimum Gasteiger partial charge on any atom is -0.508 e. The Kier molecular flexibility index (Phi) is 9.48. The number of ketones is 1. The predicted octanol–water partition coefficient (Wildman–Crippen LogP) is 5.86. The number of aliphatic hydroxyl groups excluding tert-OH is 1. The van der Waals surface area contributed by atoms with Gasteiger partial charge in [-0.3, -0.25) is 4.79 Å². The van der Waals surface area contributed by atoms with Crippen LogP contribution in [0.1, 0.15) is 85.4 Å². The van der Waals surface area contributed by atoms with Crippen LogP contribution in [0, 0.1) is 11.8 Å². The first-order chi connectivity index (χ1) is 25.8. The topological polar surface area (TPSA) is 139 Å². The molecule has 4 heterocycles. The highest BCUT2D eigenvalue weighted by Crippen LogP contribution is 2.55. The van der Waals surface area contributed by atoms with Crippen molar-refractivity contribution in [2.75, 3.05) is 44.9 Å². The number of aliphatic hydroxyl groups is 1. The monoisotopic (exact) mass is 717 g/mol. The Morgan fingerprint density at radius 2 is 1.87 bits per heavy atom. The highest BCUT2D eigenvalue weighted by molar-refractivity contribution is 6.05. The molecule has 2 fully saturated rings. The number of anilines is 1. The maximum atomic E-state index is 12.2.